The number of nitrogens with zero attached hydrogens (tertiary/aromatic N) is 1. The van der Waals surface area contributed by atoms with E-state index >= 15 is 0 Å². The Labute approximate surface area is 136 Å². The molecule has 7 heteroatoms. The van der Waals surface area contributed by atoms with Crippen molar-refractivity contribution in [3.63, 3.8) is 0 Å². The van der Waals surface area contributed by atoms with E-state index in [9.17, 15) is 9.59 Å². The van der Waals surface area contributed by atoms with E-state index in [1.165, 1.54) is 12.3 Å². The first-order chi connectivity index (χ1) is 10.6. The molecule has 0 aromatic heterocycles. The highest BCUT2D eigenvalue weighted by Gasteiger charge is 2.15. The number of nitrogens with one attached hydrogen (secondary N) is 2. The molecule has 2 aromatic rings. The summed E-state index contributed by atoms with van der Waals surface area (Å²) in [4.78, 5) is 23.3. The van der Waals surface area contributed by atoms with Crippen LogP contribution in [0.1, 0.15) is 5.56 Å². The minimum absolute atomic E-state index is 0.165. The van der Waals surface area contributed by atoms with Gasteiger partial charge in [0.1, 0.15) is 0 Å². The summed E-state index contributed by atoms with van der Waals surface area (Å²) >= 11 is 11.7. The zero-order chi connectivity index (χ0) is 15.9. The number of anilines is 1. The Morgan fingerprint density at radius 2 is 1.68 bits per heavy atom. The van der Waals surface area contributed by atoms with Crippen molar-refractivity contribution >= 4 is 46.9 Å². The maximum atomic E-state index is 11.7. The molecule has 0 heterocycles. The maximum Gasteiger partial charge on any atom is 0.329 e. The van der Waals surface area contributed by atoms with Crippen LogP contribution in [0, 0.1) is 0 Å². The molecule has 0 aliphatic carbocycles. The van der Waals surface area contributed by atoms with Crippen molar-refractivity contribution in [2.24, 2.45) is 5.10 Å². The minimum Gasteiger partial charge on any atom is -0.316 e. The topological polar surface area (TPSA) is 70.6 Å². The van der Waals surface area contributed by atoms with Crippen LogP contribution in [0.2, 0.25) is 10.0 Å². The van der Waals surface area contributed by atoms with Crippen LogP contribution in [0.5, 0.6) is 0 Å². The Hall–Kier alpha value is -2.37. The largest absolute Gasteiger partial charge is 0.329 e. The van der Waals surface area contributed by atoms with Crippen LogP contribution in [0.4, 0.5) is 5.69 Å². The Morgan fingerprint density at radius 1 is 0.955 bits per heavy atom. The van der Waals surface area contributed by atoms with E-state index in [1.807, 2.05) is 30.3 Å². The number of carbonyl (C=O) groups is 2. The van der Waals surface area contributed by atoms with Crippen LogP contribution < -0.4 is 10.7 Å². The van der Waals surface area contributed by atoms with Crippen molar-refractivity contribution in [1.29, 1.82) is 0 Å². The molecule has 112 valence electrons. The van der Waals surface area contributed by atoms with Crippen molar-refractivity contribution < 1.29 is 9.59 Å². The number of hydrogen-bond donors (Lipinski definition) is 2. The fraction of sp³-hybridized carbons (Fsp3) is 0. The Kier molecular flexibility index (Phi) is 5.52. The summed E-state index contributed by atoms with van der Waals surface area (Å²) in [5.74, 6) is -1.81. The number of hydrazone groups is 1. The van der Waals surface area contributed by atoms with Gasteiger partial charge in [-0.05, 0) is 17.7 Å². The molecule has 22 heavy (non-hydrogen) atoms. The summed E-state index contributed by atoms with van der Waals surface area (Å²) in [7, 11) is 0. The fourth-order valence-electron chi connectivity index (χ4n) is 1.53. The molecule has 2 amide bonds. The molecule has 2 N–H and O–H groups in total. The van der Waals surface area contributed by atoms with Gasteiger partial charge in [0.15, 0.2) is 0 Å². The van der Waals surface area contributed by atoms with E-state index in [0.717, 1.165) is 5.56 Å². The van der Waals surface area contributed by atoms with Crippen molar-refractivity contribution in [3.8, 4) is 0 Å². The van der Waals surface area contributed by atoms with Crippen molar-refractivity contribution in [2.75, 3.05) is 5.32 Å². The minimum atomic E-state index is -0.914. The molecule has 5 nitrogen and oxygen atoms in total. The van der Waals surface area contributed by atoms with Gasteiger partial charge >= 0.3 is 11.8 Å². The molecule has 0 spiro atoms. The smallest absolute Gasteiger partial charge is 0.316 e. The van der Waals surface area contributed by atoms with Crippen molar-refractivity contribution in [1.82, 2.24) is 5.43 Å². The third-order valence-electron chi connectivity index (χ3n) is 2.59. The SMILES string of the molecule is O=C(NN=Cc1ccccc1)C(=O)Nc1cccc(Cl)c1Cl. The average Bonchev–Trinajstić information content (AvgIpc) is 2.52. The second kappa shape index (κ2) is 7.59. The van der Waals surface area contributed by atoms with E-state index < -0.39 is 11.8 Å². The Balaban J connectivity index is 1.94. The lowest BCUT2D eigenvalue weighted by molar-refractivity contribution is -0.136. The van der Waals surface area contributed by atoms with Gasteiger partial charge in [0, 0.05) is 0 Å². The molecule has 0 saturated carbocycles. The molecule has 2 rings (SSSR count). The molecular weight excluding hydrogens is 325 g/mol. The number of rotatable bonds is 3. The van der Waals surface area contributed by atoms with Crippen LogP contribution in [0.15, 0.2) is 53.6 Å². The quantitative estimate of drug-likeness (QED) is 0.514. The summed E-state index contributed by atoms with van der Waals surface area (Å²) in [5, 5.41) is 6.50. The fourth-order valence-corrected chi connectivity index (χ4v) is 1.88. The maximum absolute atomic E-state index is 11.7. The second-order valence-corrected chi connectivity index (χ2v) is 4.95. The number of halogens is 2. The van der Waals surface area contributed by atoms with E-state index in [-0.39, 0.29) is 15.7 Å². The number of hydrogen-bond acceptors (Lipinski definition) is 3. The second-order valence-electron chi connectivity index (χ2n) is 4.17. The molecule has 0 aliphatic heterocycles. The van der Waals surface area contributed by atoms with Gasteiger partial charge in [0.05, 0.1) is 21.9 Å². The summed E-state index contributed by atoms with van der Waals surface area (Å²) < 4.78 is 0. The van der Waals surface area contributed by atoms with Gasteiger partial charge in [0.2, 0.25) is 0 Å². The summed E-state index contributed by atoms with van der Waals surface area (Å²) in [6, 6.07) is 13.8. The highest BCUT2D eigenvalue weighted by Crippen LogP contribution is 2.29. The molecule has 0 fully saturated rings. The number of benzene rings is 2. The average molecular weight is 336 g/mol. The molecule has 0 atom stereocenters. The van der Waals surface area contributed by atoms with Gasteiger partial charge < -0.3 is 5.32 Å². The van der Waals surface area contributed by atoms with Crippen LogP contribution in [0.25, 0.3) is 0 Å². The lowest BCUT2D eigenvalue weighted by atomic mass is 10.2. The standard InChI is InChI=1S/C15H11Cl2N3O2/c16-11-7-4-8-12(13(11)17)19-14(21)15(22)20-18-9-10-5-2-1-3-6-10/h1-9H,(H,19,21)(H,20,22). The van der Waals surface area contributed by atoms with E-state index in [4.69, 9.17) is 23.2 Å². The molecule has 2 aromatic carbocycles. The van der Waals surface area contributed by atoms with Crippen molar-refractivity contribution in [2.45, 2.75) is 0 Å². The summed E-state index contributed by atoms with van der Waals surface area (Å²) in [6.07, 6.45) is 1.43. The third kappa shape index (κ3) is 4.31. The summed E-state index contributed by atoms with van der Waals surface area (Å²) in [5.41, 5.74) is 3.17. The lowest BCUT2D eigenvalue weighted by Crippen LogP contribution is -2.32. The Bertz CT molecular complexity index is 718. The first-order valence-corrected chi connectivity index (χ1v) is 6.97. The van der Waals surface area contributed by atoms with Gasteiger partial charge in [-0.1, -0.05) is 59.6 Å². The zero-order valence-corrected chi connectivity index (χ0v) is 12.7. The van der Waals surface area contributed by atoms with Gasteiger partial charge in [-0.15, -0.1) is 0 Å². The molecule has 0 unspecified atom stereocenters. The molecule has 0 radical (unpaired) electrons. The van der Waals surface area contributed by atoms with Crippen molar-refractivity contribution in [3.05, 3.63) is 64.1 Å². The third-order valence-corrected chi connectivity index (χ3v) is 3.40. The predicted molar refractivity (Wildman–Crippen MR) is 87.3 cm³/mol. The highest BCUT2D eigenvalue weighted by molar-refractivity contribution is 6.45. The Morgan fingerprint density at radius 3 is 2.41 bits per heavy atom. The van der Waals surface area contributed by atoms with E-state index in [0.29, 0.717) is 0 Å². The monoisotopic (exact) mass is 335 g/mol. The molecular formula is C15H11Cl2N3O2. The van der Waals surface area contributed by atoms with Crippen LogP contribution >= 0.6 is 23.2 Å². The first-order valence-electron chi connectivity index (χ1n) is 6.21. The number of amides is 2. The molecule has 0 bridgehead atoms. The zero-order valence-electron chi connectivity index (χ0n) is 11.2. The van der Waals surface area contributed by atoms with Crippen LogP contribution in [0.3, 0.4) is 0 Å². The number of carbonyl (C=O) groups excluding carboxylic acids is 2. The molecule has 0 aliphatic rings. The van der Waals surface area contributed by atoms with Gasteiger partial charge in [-0.25, -0.2) is 5.43 Å². The predicted octanol–water partition coefficient (Wildman–Crippen LogP) is 3.08. The van der Waals surface area contributed by atoms with E-state index in [2.05, 4.69) is 15.8 Å². The normalized spacial score (nSPS) is 10.5. The highest BCUT2D eigenvalue weighted by atomic mass is 35.5. The van der Waals surface area contributed by atoms with Crippen LogP contribution in [-0.4, -0.2) is 18.0 Å². The van der Waals surface area contributed by atoms with Crippen LogP contribution in [-0.2, 0) is 9.59 Å². The van der Waals surface area contributed by atoms with E-state index in [1.54, 1.807) is 12.1 Å². The van der Waals surface area contributed by atoms with Gasteiger partial charge in [0.25, 0.3) is 0 Å². The first kappa shape index (κ1) is 16.0. The lowest BCUT2D eigenvalue weighted by Gasteiger charge is -2.06. The summed E-state index contributed by atoms with van der Waals surface area (Å²) in [6.45, 7) is 0. The van der Waals surface area contributed by atoms with Gasteiger partial charge in [-0.3, -0.25) is 9.59 Å². The molecule has 0 saturated heterocycles. The van der Waals surface area contributed by atoms with Gasteiger partial charge in [-0.2, -0.15) is 5.10 Å².